The first-order chi connectivity index (χ1) is 10.5. The number of ether oxygens (including phenoxy) is 2. The molecule has 0 aromatic heterocycles. The Bertz CT molecular complexity index is 676. The number of esters is 1. The largest absolute Gasteiger partial charge is 0.468 e. The maximum atomic E-state index is 13.6. The summed E-state index contributed by atoms with van der Waals surface area (Å²) in [5.74, 6) is -1.83. The summed E-state index contributed by atoms with van der Waals surface area (Å²) in [6, 6.07) is 8.94. The molecule has 2 aromatic rings. The summed E-state index contributed by atoms with van der Waals surface area (Å²) in [7, 11) is 1.25. The predicted molar refractivity (Wildman–Crippen MR) is 76.6 cm³/mol. The van der Waals surface area contributed by atoms with E-state index in [4.69, 9.17) is 10.5 Å². The van der Waals surface area contributed by atoms with Crippen molar-refractivity contribution in [3.8, 4) is 11.5 Å². The van der Waals surface area contributed by atoms with Crippen molar-refractivity contribution in [1.82, 2.24) is 0 Å². The molecule has 0 radical (unpaired) electrons. The zero-order valence-corrected chi connectivity index (χ0v) is 11.9. The Labute approximate surface area is 126 Å². The van der Waals surface area contributed by atoms with Gasteiger partial charge in [-0.2, -0.15) is 0 Å². The minimum absolute atomic E-state index is 0.111. The standard InChI is InChI=1S/C16H15F2NO3/c1-21-16(20)13(19)8-10-4-2-3-5-14(10)22-15-7-6-11(17)9-12(15)18/h2-7,9,13H,8,19H2,1H3. The van der Waals surface area contributed by atoms with Crippen LogP contribution in [0.3, 0.4) is 0 Å². The highest BCUT2D eigenvalue weighted by atomic mass is 19.1. The zero-order chi connectivity index (χ0) is 16.1. The summed E-state index contributed by atoms with van der Waals surface area (Å²) < 4.78 is 36.6. The summed E-state index contributed by atoms with van der Waals surface area (Å²) in [6.07, 6.45) is 0.172. The molecule has 0 aliphatic rings. The van der Waals surface area contributed by atoms with Crippen molar-refractivity contribution in [3.05, 3.63) is 59.7 Å². The third-order valence-electron chi connectivity index (χ3n) is 3.03. The highest BCUT2D eigenvalue weighted by molar-refractivity contribution is 5.75. The molecule has 116 valence electrons. The van der Waals surface area contributed by atoms with Crippen LogP contribution in [0, 0.1) is 11.6 Å². The van der Waals surface area contributed by atoms with E-state index >= 15 is 0 Å². The Morgan fingerprint density at radius 3 is 2.59 bits per heavy atom. The van der Waals surface area contributed by atoms with Gasteiger partial charge in [0.1, 0.15) is 17.6 Å². The summed E-state index contributed by atoms with van der Waals surface area (Å²) in [4.78, 5) is 11.4. The monoisotopic (exact) mass is 307 g/mol. The second-order valence-electron chi connectivity index (χ2n) is 4.62. The normalized spacial score (nSPS) is 11.8. The Kier molecular flexibility index (Phi) is 5.06. The van der Waals surface area contributed by atoms with Crippen LogP contribution in [-0.2, 0) is 16.0 Å². The number of nitrogens with two attached hydrogens (primary N) is 1. The van der Waals surface area contributed by atoms with Crippen molar-refractivity contribution >= 4 is 5.97 Å². The van der Waals surface area contributed by atoms with Crippen LogP contribution in [0.4, 0.5) is 8.78 Å². The maximum absolute atomic E-state index is 13.6. The van der Waals surface area contributed by atoms with Crippen molar-refractivity contribution in [1.29, 1.82) is 0 Å². The van der Waals surface area contributed by atoms with Crippen LogP contribution in [0.5, 0.6) is 11.5 Å². The van der Waals surface area contributed by atoms with Gasteiger partial charge in [0, 0.05) is 12.5 Å². The Balaban J connectivity index is 2.23. The average Bonchev–Trinajstić information content (AvgIpc) is 2.50. The molecular formula is C16H15F2NO3. The summed E-state index contributed by atoms with van der Waals surface area (Å²) in [6.45, 7) is 0. The molecule has 0 bridgehead atoms. The minimum atomic E-state index is -0.854. The number of carbonyl (C=O) groups is 1. The number of hydrogen-bond donors (Lipinski definition) is 1. The summed E-state index contributed by atoms with van der Waals surface area (Å²) >= 11 is 0. The molecule has 0 spiro atoms. The fourth-order valence-electron chi connectivity index (χ4n) is 1.92. The second-order valence-corrected chi connectivity index (χ2v) is 4.62. The van der Waals surface area contributed by atoms with Gasteiger partial charge < -0.3 is 15.2 Å². The number of para-hydroxylation sites is 1. The van der Waals surface area contributed by atoms with Gasteiger partial charge in [0.25, 0.3) is 0 Å². The van der Waals surface area contributed by atoms with E-state index in [-0.39, 0.29) is 12.2 Å². The van der Waals surface area contributed by atoms with E-state index in [9.17, 15) is 13.6 Å². The first-order valence-corrected chi connectivity index (χ1v) is 6.55. The molecule has 2 N–H and O–H groups in total. The number of methoxy groups -OCH3 is 1. The molecule has 0 heterocycles. The van der Waals surface area contributed by atoms with Crippen molar-refractivity contribution in [2.45, 2.75) is 12.5 Å². The van der Waals surface area contributed by atoms with Gasteiger partial charge in [-0.05, 0) is 23.8 Å². The lowest BCUT2D eigenvalue weighted by Gasteiger charge is -2.14. The molecule has 6 heteroatoms. The number of hydrogen-bond acceptors (Lipinski definition) is 4. The van der Waals surface area contributed by atoms with Gasteiger partial charge in [0.2, 0.25) is 0 Å². The Hall–Kier alpha value is -2.47. The molecule has 1 unspecified atom stereocenters. The SMILES string of the molecule is COC(=O)C(N)Cc1ccccc1Oc1ccc(F)cc1F. The van der Waals surface area contributed by atoms with Crippen LogP contribution in [-0.4, -0.2) is 19.1 Å². The van der Waals surface area contributed by atoms with Crippen LogP contribution < -0.4 is 10.5 Å². The fraction of sp³-hybridized carbons (Fsp3) is 0.188. The van der Waals surface area contributed by atoms with Gasteiger partial charge in [-0.25, -0.2) is 8.78 Å². The van der Waals surface area contributed by atoms with E-state index in [1.807, 2.05) is 0 Å². The first kappa shape index (κ1) is 15.9. The predicted octanol–water partition coefficient (Wildman–Crippen LogP) is 2.80. The van der Waals surface area contributed by atoms with Crippen LogP contribution in [0.15, 0.2) is 42.5 Å². The second kappa shape index (κ2) is 7.00. The van der Waals surface area contributed by atoms with E-state index in [1.54, 1.807) is 24.3 Å². The van der Waals surface area contributed by atoms with Gasteiger partial charge in [-0.15, -0.1) is 0 Å². The van der Waals surface area contributed by atoms with Crippen LogP contribution in [0.1, 0.15) is 5.56 Å². The molecular weight excluding hydrogens is 292 g/mol. The highest BCUT2D eigenvalue weighted by Crippen LogP contribution is 2.28. The molecule has 0 saturated carbocycles. The molecule has 0 fully saturated rings. The van der Waals surface area contributed by atoms with Crippen LogP contribution >= 0.6 is 0 Å². The topological polar surface area (TPSA) is 61.5 Å². The van der Waals surface area contributed by atoms with Crippen molar-refractivity contribution in [2.75, 3.05) is 7.11 Å². The fourth-order valence-corrected chi connectivity index (χ4v) is 1.92. The molecule has 2 aromatic carbocycles. The first-order valence-electron chi connectivity index (χ1n) is 6.55. The summed E-state index contributed by atoms with van der Waals surface area (Å²) in [5.41, 5.74) is 6.33. The van der Waals surface area contributed by atoms with Crippen molar-refractivity contribution in [2.24, 2.45) is 5.73 Å². The van der Waals surface area contributed by atoms with Gasteiger partial charge in [-0.1, -0.05) is 18.2 Å². The molecule has 2 rings (SSSR count). The lowest BCUT2D eigenvalue weighted by molar-refractivity contribution is -0.142. The molecule has 0 amide bonds. The molecule has 1 atom stereocenters. The van der Waals surface area contributed by atoms with E-state index in [0.717, 1.165) is 12.1 Å². The Morgan fingerprint density at radius 1 is 1.18 bits per heavy atom. The molecule has 4 nitrogen and oxygen atoms in total. The third kappa shape index (κ3) is 3.79. The van der Waals surface area contributed by atoms with E-state index in [1.165, 1.54) is 13.2 Å². The van der Waals surface area contributed by atoms with Gasteiger partial charge in [-0.3, -0.25) is 4.79 Å². The third-order valence-corrected chi connectivity index (χ3v) is 3.03. The van der Waals surface area contributed by atoms with E-state index in [2.05, 4.69) is 4.74 Å². The van der Waals surface area contributed by atoms with Crippen LogP contribution in [0.25, 0.3) is 0 Å². The molecule has 0 saturated heterocycles. The zero-order valence-electron chi connectivity index (χ0n) is 11.9. The van der Waals surface area contributed by atoms with Crippen LogP contribution in [0.2, 0.25) is 0 Å². The summed E-state index contributed by atoms with van der Waals surface area (Å²) in [5, 5.41) is 0. The van der Waals surface area contributed by atoms with Gasteiger partial charge in [0.15, 0.2) is 11.6 Å². The number of halogens is 2. The molecule has 0 aliphatic heterocycles. The van der Waals surface area contributed by atoms with Gasteiger partial charge in [0.05, 0.1) is 7.11 Å². The van der Waals surface area contributed by atoms with E-state index in [0.29, 0.717) is 11.3 Å². The molecule has 22 heavy (non-hydrogen) atoms. The van der Waals surface area contributed by atoms with Crippen molar-refractivity contribution < 1.29 is 23.0 Å². The van der Waals surface area contributed by atoms with E-state index < -0.39 is 23.6 Å². The number of rotatable bonds is 5. The molecule has 0 aliphatic carbocycles. The average molecular weight is 307 g/mol. The lowest BCUT2D eigenvalue weighted by atomic mass is 10.1. The Morgan fingerprint density at radius 2 is 1.91 bits per heavy atom. The quantitative estimate of drug-likeness (QED) is 0.863. The lowest BCUT2D eigenvalue weighted by Crippen LogP contribution is -2.33. The minimum Gasteiger partial charge on any atom is -0.468 e. The van der Waals surface area contributed by atoms with Crippen molar-refractivity contribution in [3.63, 3.8) is 0 Å². The highest BCUT2D eigenvalue weighted by Gasteiger charge is 2.17. The maximum Gasteiger partial charge on any atom is 0.322 e. The smallest absolute Gasteiger partial charge is 0.322 e. The number of benzene rings is 2. The number of carbonyl (C=O) groups excluding carboxylic acids is 1. The van der Waals surface area contributed by atoms with Gasteiger partial charge >= 0.3 is 5.97 Å².